The van der Waals surface area contributed by atoms with Gasteiger partial charge in [0.25, 0.3) is 5.91 Å². The topological polar surface area (TPSA) is 62.6 Å². The van der Waals surface area contributed by atoms with Crippen LogP contribution in [0.25, 0.3) is 11.0 Å². The molecule has 2 rings (SSSR count). The Labute approximate surface area is 110 Å². The molecule has 0 aliphatic rings. The van der Waals surface area contributed by atoms with Crippen LogP contribution < -0.4 is 10.9 Å². The van der Waals surface area contributed by atoms with Crippen molar-refractivity contribution in [1.29, 1.82) is 0 Å². The summed E-state index contributed by atoms with van der Waals surface area (Å²) in [6.45, 7) is 1.20. The molecule has 1 aromatic carbocycles. The molecule has 0 aliphatic heterocycles. The summed E-state index contributed by atoms with van der Waals surface area (Å²) in [4.78, 5) is 25.5. The molecule has 0 bridgehead atoms. The second-order valence-electron chi connectivity index (χ2n) is 4.32. The van der Waals surface area contributed by atoms with Crippen LogP contribution in [0.3, 0.4) is 0 Å². The van der Waals surface area contributed by atoms with Crippen LogP contribution in [-0.2, 0) is 0 Å². The second-order valence-corrected chi connectivity index (χ2v) is 4.32. The number of nitrogens with zero attached hydrogens (tertiary/aromatic N) is 1. The summed E-state index contributed by atoms with van der Waals surface area (Å²) < 4.78 is 5.15. The normalized spacial score (nSPS) is 10.6. The van der Waals surface area contributed by atoms with Gasteiger partial charge in [0, 0.05) is 25.5 Å². The number of hydrogen-bond donors (Lipinski definition) is 1. The first-order chi connectivity index (χ1) is 9.13. The summed E-state index contributed by atoms with van der Waals surface area (Å²) in [5, 5.41) is 3.70. The van der Waals surface area contributed by atoms with E-state index in [4.69, 9.17) is 4.42 Å². The molecule has 2 aromatic rings. The monoisotopic (exact) mass is 260 g/mol. The summed E-state index contributed by atoms with van der Waals surface area (Å²) in [5.74, 6) is -0.324. The zero-order valence-electron chi connectivity index (χ0n) is 11.0. The van der Waals surface area contributed by atoms with Crippen LogP contribution >= 0.6 is 0 Å². The van der Waals surface area contributed by atoms with Crippen LogP contribution in [0.1, 0.15) is 10.4 Å². The molecule has 1 heterocycles. The third kappa shape index (κ3) is 2.82. The Morgan fingerprint density at radius 3 is 2.84 bits per heavy atom. The zero-order valence-corrected chi connectivity index (χ0v) is 11.0. The first-order valence-electron chi connectivity index (χ1n) is 6.06. The predicted octanol–water partition coefficient (Wildman–Crippen LogP) is 1.08. The highest BCUT2D eigenvalue weighted by atomic mass is 16.4. The van der Waals surface area contributed by atoms with Gasteiger partial charge in [0.05, 0.1) is 0 Å². The van der Waals surface area contributed by atoms with Crippen molar-refractivity contribution in [3.63, 3.8) is 0 Å². The predicted molar refractivity (Wildman–Crippen MR) is 73.4 cm³/mol. The fourth-order valence-corrected chi connectivity index (χ4v) is 1.80. The van der Waals surface area contributed by atoms with Crippen molar-refractivity contribution in [2.24, 2.45) is 0 Å². The SMILES string of the molecule is CNCCN(C)C(=O)c1cc2ccccc2oc1=O. The largest absolute Gasteiger partial charge is 0.422 e. The fraction of sp³-hybridized carbons (Fsp3) is 0.286. The number of amides is 1. The highest BCUT2D eigenvalue weighted by Gasteiger charge is 2.17. The fourth-order valence-electron chi connectivity index (χ4n) is 1.80. The van der Waals surface area contributed by atoms with Crippen molar-refractivity contribution in [2.75, 3.05) is 27.2 Å². The minimum Gasteiger partial charge on any atom is -0.422 e. The van der Waals surface area contributed by atoms with Crippen LogP contribution in [0.4, 0.5) is 0 Å². The quantitative estimate of drug-likeness (QED) is 0.836. The summed E-state index contributed by atoms with van der Waals surface area (Å²) in [5.41, 5.74) is -0.0424. The van der Waals surface area contributed by atoms with E-state index in [0.29, 0.717) is 18.7 Å². The van der Waals surface area contributed by atoms with E-state index in [2.05, 4.69) is 5.32 Å². The minimum absolute atomic E-state index is 0.0669. The molecule has 0 fully saturated rings. The van der Waals surface area contributed by atoms with Gasteiger partial charge in [0.2, 0.25) is 0 Å². The molecule has 1 amide bonds. The molecule has 1 N–H and O–H groups in total. The van der Waals surface area contributed by atoms with Crippen molar-refractivity contribution < 1.29 is 9.21 Å². The average Bonchev–Trinajstić information content (AvgIpc) is 2.43. The third-order valence-electron chi connectivity index (χ3n) is 2.92. The Bertz CT molecular complexity index is 648. The number of likely N-dealkylation sites (N-methyl/N-ethyl adjacent to an activating group) is 2. The Morgan fingerprint density at radius 2 is 2.11 bits per heavy atom. The second kappa shape index (κ2) is 5.67. The molecular weight excluding hydrogens is 244 g/mol. The molecule has 5 nitrogen and oxygen atoms in total. The molecule has 19 heavy (non-hydrogen) atoms. The van der Waals surface area contributed by atoms with Crippen molar-refractivity contribution in [3.8, 4) is 0 Å². The maximum Gasteiger partial charge on any atom is 0.349 e. The van der Waals surface area contributed by atoms with Crippen LogP contribution in [0, 0.1) is 0 Å². The van der Waals surface area contributed by atoms with Gasteiger partial charge in [0.15, 0.2) is 0 Å². The third-order valence-corrected chi connectivity index (χ3v) is 2.92. The molecule has 1 aromatic heterocycles. The van der Waals surface area contributed by atoms with E-state index in [1.54, 1.807) is 25.2 Å². The van der Waals surface area contributed by atoms with Gasteiger partial charge < -0.3 is 14.6 Å². The molecule has 0 saturated carbocycles. The lowest BCUT2D eigenvalue weighted by molar-refractivity contribution is 0.0793. The van der Waals surface area contributed by atoms with Crippen molar-refractivity contribution >= 4 is 16.9 Å². The smallest absolute Gasteiger partial charge is 0.349 e. The summed E-state index contributed by atoms with van der Waals surface area (Å²) >= 11 is 0. The van der Waals surface area contributed by atoms with E-state index in [1.165, 1.54) is 4.90 Å². The number of rotatable bonds is 4. The number of nitrogens with one attached hydrogen (secondary N) is 1. The Kier molecular flexibility index (Phi) is 3.97. The number of para-hydroxylation sites is 1. The molecule has 0 radical (unpaired) electrons. The van der Waals surface area contributed by atoms with E-state index in [-0.39, 0.29) is 11.5 Å². The molecule has 0 spiro atoms. The number of carbonyl (C=O) groups excluding carboxylic acids is 1. The van der Waals surface area contributed by atoms with Gasteiger partial charge in [-0.05, 0) is 19.2 Å². The van der Waals surface area contributed by atoms with E-state index < -0.39 is 5.63 Å². The van der Waals surface area contributed by atoms with Gasteiger partial charge in [0.1, 0.15) is 11.1 Å². The Balaban J connectivity index is 2.36. The van der Waals surface area contributed by atoms with Crippen LogP contribution in [0.15, 0.2) is 39.5 Å². The van der Waals surface area contributed by atoms with Gasteiger partial charge in [-0.25, -0.2) is 4.79 Å². The molecule has 100 valence electrons. The van der Waals surface area contributed by atoms with Gasteiger partial charge in [-0.3, -0.25) is 4.79 Å². The minimum atomic E-state index is -0.597. The van der Waals surface area contributed by atoms with E-state index in [1.807, 2.05) is 19.2 Å². The summed E-state index contributed by atoms with van der Waals surface area (Å²) in [6.07, 6.45) is 0. The first-order valence-corrected chi connectivity index (χ1v) is 6.06. The van der Waals surface area contributed by atoms with Gasteiger partial charge >= 0.3 is 5.63 Å². The average molecular weight is 260 g/mol. The lowest BCUT2D eigenvalue weighted by Gasteiger charge is -2.16. The first kappa shape index (κ1) is 13.3. The number of carbonyl (C=O) groups is 1. The van der Waals surface area contributed by atoms with Crippen molar-refractivity contribution in [2.45, 2.75) is 0 Å². The van der Waals surface area contributed by atoms with Crippen molar-refractivity contribution in [3.05, 3.63) is 46.3 Å². The number of hydrogen-bond acceptors (Lipinski definition) is 4. The highest BCUT2D eigenvalue weighted by Crippen LogP contribution is 2.13. The summed E-state index contributed by atoms with van der Waals surface area (Å²) in [7, 11) is 3.47. The van der Waals surface area contributed by atoms with E-state index in [0.717, 1.165) is 5.39 Å². The molecule has 0 saturated heterocycles. The van der Waals surface area contributed by atoms with Crippen LogP contribution in [-0.4, -0.2) is 38.0 Å². The highest BCUT2D eigenvalue weighted by molar-refractivity contribution is 5.96. The van der Waals surface area contributed by atoms with Crippen molar-refractivity contribution in [1.82, 2.24) is 10.2 Å². The molecular formula is C14H16N2O3. The van der Waals surface area contributed by atoms with Gasteiger partial charge in [-0.1, -0.05) is 18.2 Å². The lowest BCUT2D eigenvalue weighted by atomic mass is 10.1. The number of fused-ring (bicyclic) bond motifs is 1. The van der Waals surface area contributed by atoms with E-state index >= 15 is 0 Å². The van der Waals surface area contributed by atoms with E-state index in [9.17, 15) is 9.59 Å². The van der Waals surface area contributed by atoms with Gasteiger partial charge in [-0.15, -0.1) is 0 Å². The molecule has 5 heteroatoms. The maximum absolute atomic E-state index is 12.2. The van der Waals surface area contributed by atoms with Gasteiger partial charge in [-0.2, -0.15) is 0 Å². The molecule has 0 atom stereocenters. The van der Waals surface area contributed by atoms with Crippen LogP contribution in [0.5, 0.6) is 0 Å². The maximum atomic E-state index is 12.2. The zero-order chi connectivity index (χ0) is 13.8. The van der Waals surface area contributed by atoms with Crippen LogP contribution in [0.2, 0.25) is 0 Å². The number of benzene rings is 1. The lowest BCUT2D eigenvalue weighted by Crippen LogP contribution is -2.35. The molecule has 0 aliphatic carbocycles. The summed E-state index contributed by atoms with van der Waals surface area (Å²) in [6, 6.07) is 8.71. The Morgan fingerprint density at radius 1 is 1.37 bits per heavy atom. The Hall–Kier alpha value is -2.14. The standard InChI is InChI=1S/C14H16N2O3/c1-15-7-8-16(2)13(17)11-9-10-5-3-4-6-12(10)19-14(11)18/h3-6,9,15H,7-8H2,1-2H3. The molecule has 0 unspecified atom stereocenters.